The van der Waals surface area contributed by atoms with Crippen LogP contribution in [0.25, 0.3) is 10.9 Å². The van der Waals surface area contributed by atoms with E-state index in [1.54, 1.807) is 18.2 Å². The number of aliphatic hydroxyl groups excluding tert-OH is 1. The number of nitrogen functional groups attached to an aromatic ring is 1. The van der Waals surface area contributed by atoms with E-state index < -0.39 is 16.1 Å². The summed E-state index contributed by atoms with van der Waals surface area (Å²) < 4.78 is 26.1. The van der Waals surface area contributed by atoms with Crippen molar-refractivity contribution in [1.82, 2.24) is 9.29 Å². The maximum Gasteiger partial charge on any atom is 0.245 e. The van der Waals surface area contributed by atoms with Gasteiger partial charge in [-0.1, -0.05) is 0 Å². The topological polar surface area (TPSA) is 96.5 Å². The molecule has 2 aromatic rings. The molecule has 1 fully saturated rings. The van der Waals surface area contributed by atoms with E-state index in [1.165, 1.54) is 16.6 Å². The van der Waals surface area contributed by atoms with Crippen molar-refractivity contribution in [1.29, 1.82) is 0 Å². The number of nitrogens with two attached hydrogens (primary N) is 1. The van der Waals surface area contributed by atoms with Crippen molar-refractivity contribution in [3.63, 3.8) is 0 Å². The standard InChI is InChI=1S/C12H13N3O3S/c13-10-3-4-11(12-9(10)2-1-5-14-12)19(17,18)15-6-8(16)7-15/h1-5,8,16H,6-7,13H2. The maximum atomic E-state index is 12.4. The third-order valence-corrected chi connectivity index (χ3v) is 5.08. The molecule has 0 saturated carbocycles. The first-order chi connectivity index (χ1) is 9.00. The fourth-order valence-corrected chi connectivity index (χ4v) is 3.79. The Labute approximate surface area is 110 Å². The summed E-state index contributed by atoms with van der Waals surface area (Å²) in [5.74, 6) is 0. The van der Waals surface area contributed by atoms with E-state index in [9.17, 15) is 13.5 Å². The molecule has 7 heteroatoms. The molecule has 1 aromatic carbocycles. The monoisotopic (exact) mass is 279 g/mol. The van der Waals surface area contributed by atoms with Gasteiger partial charge in [-0.05, 0) is 24.3 Å². The number of β-amino-alcohol motifs (C(OH)–C–C–N with tert-alkyl or cyclic N) is 1. The molecule has 3 N–H and O–H groups in total. The highest BCUT2D eigenvalue weighted by atomic mass is 32.2. The smallest absolute Gasteiger partial charge is 0.245 e. The largest absolute Gasteiger partial charge is 0.398 e. The van der Waals surface area contributed by atoms with Gasteiger partial charge in [0.25, 0.3) is 0 Å². The lowest BCUT2D eigenvalue weighted by Gasteiger charge is -2.34. The van der Waals surface area contributed by atoms with Gasteiger partial charge in [0.1, 0.15) is 4.90 Å². The molecular weight excluding hydrogens is 266 g/mol. The fraction of sp³-hybridized carbons (Fsp3) is 0.250. The Hall–Kier alpha value is -1.70. The summed E-state index contributed by atoms with van der Waals surface area (Å²) in [6.45, 7) is 0.252. The van der Waals surface area contributed by atoms with E-state index in [4.69, 9.17) is 5.73 Å². The second kappa shape index (κ2) is 4.16. The average Bonchev–Trinajstić information content (AvgIpc) is 2.35. The normalized spacial score (nSPS) is 17.5. The van der Waals surface area contributed by atoms with Crippen molar-refractivity contribution in [2.45, 2.75) is 11.0 Å². The van der Waals surface area contributed by atoms with E-state index in [0.29, 0.717) is 16.6 Å². The lowest BCUT2D eigenvalue weighted by Crippen LogP contribution is -2.53. The Bertz CT molecular complexity index is 739. The lowest BCUT2D eigenvalue weighted by molar-refractivity contribution is 0.0548. The second-order valence-corrected chi connectivity index (χ2v) is 6.43. The van der Waals surface area contributed by atoms with Crippen molar-refractivity contribution in [2.24, 2.45) is 0 Å². The Morgan fingerprint density at radius 3 is 2.74 bits per heavy atom. The summed E-state index contributed by atoms with van der Waals surface area (Å²) in [5.41, 5.74) is 6.68. The molecule has 1 aromatic heterocycles. The Morgan fingerprint density at radius 2 is 2.05 bits per heavy atom. The summed E-state index contributed by atoms with van der Waals surface area (Å²) in [6, 6.07) is 6.47. The van der Waals surface area contributed by atoms with Crippen LogP contribution >= 0.6 is 0 Å². The van der Waals surface area contributed by atoms with Crippen molar-refractivity contribution in [3.8, 4) is 0 Å². The predicted octanol–water partition coefficient (Wildman–Crippen LogP) is 0.182. The van der Waals surface area contributed by atoms with Gasteiger partial charge in [0.05, 0.1) is 11.6 Å². The van der Waals surface area contributed by atoms with Crippen LogP contribution in [0.4, 0.5) is 5.69 Å². The number of anilines is 1. The predicted molar refractivity (Wildman–Crippen MR) is 70.9 cm³/mol. The highest BCUT2D eigenvalue weighted by Gasteiger charge is 2.36. The Kier molecular flexibility index (Phi) is 2.70. The molecule has 100 valence electrons. The van der Waals surface area contributed by atoms with Gasteiger partial charge in [-0.25, -0.2) is 8.42 Å². The molecular formula is C12H13N3O3S. The molecule has 0 spiro atoms. The number of aromatic nitrogens is 1. The molecule has 2 heterocycles. The van der Waals surface area contributed by atoms with Gasteiger partial charge in [0.15, 0.2) is 0 Å². The third kappa shape index (κ3) is 1.86. The summed E-state index contributed by atoms with van der Waals surface area (Å²) in [5, 5.41) is 9.86. The third-order valence-electron chi connectivity index (χ3n) is 3.21. The highest BCUT2D eigenvalue weighted by Crippen LogP contribution is 2.29. The highest BCUT2D eigenvalue weighted by molar-refractivity contribution is 7.89. The van der Waals surface area contributed by atoms with Gasteiger partial charge >= 0.3 is 0 Å². The van der Waals surface area contributed by atoms with Crippen LogP contribution in [0.1, 0.15) is 0 Å². The number of pyridine rings is 1. The molecule has 1 saturated heterocycles. The SMILES string of the molecule is Nc1ccc(S(=O)(=O)N2CC(O)C2)c2ncccc12. The lowest BCUT2D eigenvalue weighted by atomic mass is 10.2. The first-order valence-electron chi connectivity index (χ1n) is 5.81. The van der Waals surface area contributed by atoms with Gasteiger partial charge in [-0.3, -0.25) is 4.98 Å². The van der Waals surface area contributed by atoms with Crippen molar-refractivity contribution in [3.05, 3.63) is 30.5 Å². The Balaban J connectivity index is 2.18. The summed E-state index contributed by atoms with van der Waals surface area (Å²) in [4.78, 5) is 4.25. The second-order valence-electron chi connectivity index (χ2n) is 4.53. The molecule has 1 aliphatic heterocycles. The first-order valence-corrected chi connectivity index (χ1v) is 7.25. The zero-order valence-corrected chi connectivity index (χ0v) is 10.8. The van der Waals surface area contributed by atoms with E-state index in [2.05, 4.69) is 4.98 Å². The van der Waals surface area contributed by atoms with E-state index in [1.807, 2.05) is 0 Å². The van der Waals surface area contributed by atoms with Crippen molar-refractivity contribution < 1.29 is 13.5 Å². The summed E-state index contributed by atoms with van der Waals surface area (Å²) in [6.07, 6.45) is 0.953. The molecule has 0 bridgehead atoms. The summed E-state index contributed by atoms with van der Waals surface area (Å²) >= 11 is 0. The molecule has 0 unspecified atom stereocenters. The number of rotatable bonds is 2. The average molecular weight is 279 g/mol. The number of sulfonamides is 1. The molecule has 0 aliphatic carbocycles. The minimum Gasteiger partial charge on any atom is -0.398 e. The maximum absolute atomic E-state index is 12.4. The summed E-state index contributed by atoms with van der Waals surface area (Å²) in [7, 11) is -3.62. The van der Waals surface area contributed by atoms with Gasteiger partial charge < -0.3 is 10.8 Å². The number of hydrogen-bond donors (Lipinski definition) is 2. The van der Waals surface area contributed by atoms with Crippen LogP contribution in [0.5, 0.6) is 0 Å². The van der Waals surface area contributed by atoms with Gasteiger partial charge in [0, 0.05) is 30.4 Å². The molecule has 1 aliphatic rings. The van der Waals surface area contributed by atoms with E-state index >= 15 is 0 Å². The molecule has 3 rings (SSSR count). The van der Waals surface area contributed by atoms with Crippen LogP contribution in [-0.4, -0.2) is 42.0 Å². The molecule has 0 atom stereocenters. The van der Waals surface area contributed by atoms with Gasteiger partial charge in [-0.2, -0.15) is 4.31 Å². The molecule has 0 radical (unpaired) electrons. The number of fused-ring (bicyclic) bond motifs is 1. The molecule has 19 heavy (non-hydrogen) atoms. The van der Waals surface area contributed by atoms with Crippen LogP contribution in [0.15, 0.2) is 35.4 Å². The van der Waals surface area contributed by atoms with Crippen LogP contribution in [0.2, 0.25) is 0 Å². The van der Waals surface area contributed by atoms with Crippen LogP contribution in [0, 0.1) is 0 Å². The minimum absolute atomic E-state index is 0.126. The van der Waals surface area contributed by atoms with Gasteiger partial charge in [-0.15, -0.1) is 0 Å². The molecule has 6 nitrogen and oxygen atoms in total. The number of benzene rings is 1. The fourth-order valence-electron chi connectivity index (χ4n) is 2.13. The van der Waals surface area contributed by atoms with Crippen molar-refractivity contribution >= 4 is 26.6 Å². The number of aliphatic hydroxyl groups is 1. The zero-order valence-electron chi connectivity index (χ0n) is 10.0. The van der Waals surface area contributed by atoms with E-state index in [0.717, 1.165) is 0 Å². The van der Waals surface area contributed by atoms with E-state index in [-0.39, 0.29) is 18.0 Å². The number of nitrogens with zero attached hydrogens (tertiary/aromatic N) is 2. The minimum atomic E-state index is -3.62. The Morgan fingerprint density at radius 1 is 1.32 bits per heavy atom. The first kappa shape index (κ1) is 12.3. The van der Waals surface area contributed by atoms with Crippen LogP contribution < -0.4 is 5.73 Å². The van der Waals surface area contributed by atoms with Crippen LogP contribution in [-0.2, 0) is 10.0 Å². The number of hydrogen-bond acceptors (Lipinski definition) is 5. The van der Waals surface area contributed by atoms with Crippen molar-refractivity contribution in [2.75, 3.05) is 18.8 Å². The quantitative estimate of drug-likeness (QED) is 0.765. The molecule has 0 amide bonds. The van der Waals surface area contributed by atoms with Crippen LogP contribution in [0.3, 0.4) is 0 Å². The van der Waals surface area contributed by atoms with Gasteiger partial charge in [0.2, 0.25) is 10.0 Å². The zero-order chi connectivity index (χ0) is 13.6.